The van der Waals surface area contributed by atoms with E-state index < -0.39 is 0 Å². The molecule has 0 saturated heterocycles. The van der Waals surface area contributed by atoms with E-state index in [1.54, 1.807) is 37.8 Å². The average Bonchev–Trinajstić information content (AvgIpc) is 3.03. The number of hydrogen-bond donors (Lipinski definition) is 1. The molecule has 90 valence electrons. The van der Waals surface area contributed by atoms with E-state index in [4.69, 9.17) is 14.8 Å². The number of nitrogens with one attached hydrogen (secondary N) is 1. The van der Waals surface area contributed by atoms with Crippen molar-refractivity contribution in [2.75, 3.05) is 13.0 Å². The van der Waals surface area contributed by atoms with Crippen molar-refractivity contribution < 1.29 is 9.57 Å². The fraction of sp³-hybridized carbons (Fsp3) is 0.222. The van der Waals surface area contributed by atoms with Crippen LogP contribution in [0.3, 0.4) is 0 Å². The Morgan fingerprint density at radius 3 is 3.00 bits per heavy atom. The monoisotopic (exact) mass is 253 g/mol. The maximum absolute atomic E-state index is 8.10. The maximum Gasteiger partial charge on any atom is 0.232 e. The summed E-state index contributed by atoms with van der Waals surface area (Å²) in [6.45, 7) is 0. The van der Waals surface area contributed by atoms with Gasteiger partial charge < -0.3 is 9.57 Å². The molecule has 8 heteroatoms. The Hall–Kier alpha value is -2.14. The fourth-order valence-corrected chi connectivity index (χ4v) is 1.01. The maximum atomic E-state index is 8.10. The van der Waals surface area contributed by atoms with Crippen LogP contribution in [0.25, 0.3) is 0 Å². The van der Waals surface area contributed by atoms with Crippen LogP contribution in [0.5, 0.6) is 5.88 Å². The number of H-pyrrole nitrogens is 1. The van der Waals surface area contributed by atoms with Crippen molar-refractivity contribution in [3.05, 3.63) is 30.7 Å². The Morgan fingerprint density at radius 2 is 2.53 bits per heavy atom. The van der Waals surface area contributed by atoms with E-state index in [-0.39, 0.29) is 0 Å². The van der Waals surface area contributed by atoms with E-state index in [1.165, 1.54) is 4.85 Å². The predicted molar refractivity (Wildman–Crippen MR) is 62.0 cm³/mol. The van der Waals surface area contributed by atoms with Gasteiger partial charge in [-0.1, -0.05) is 0 Å². The van der Waals surface area contributed by atoms with Crippen LogP contribution < -0.4 is 9.57 Å². The van der Waals surface area contributed by atoms with Gasteiger partial charge in [0.05, 0.1) is 19.5 Å². The number of methoxy groups -OCH3 is 1. The van der Waals surface area contributed by atoms with E-state index in [0.29, 0.717) is 11.8 Å². The molecule has 7 nitrogen and oxygen atoms in total. The van der Waals surface area contributed by atoms with Gasteiger partial charge in [0.2, 0.25) is 5.88 Å². The van der Waals surface area contributed by atoms with Gasteiger partial charge >= 0.3 is 0 Å². The highest BCUT2D eigenvalue weighted by molar-refractivity contribution is 8.03. The lowest BCUT2D eigenvalue weighted by Gasteiger charge is -1.98. The lowest BCUT2D eigenvalue weighted by Crippen LogP contribution is -2.10. The molecular formula is C9H11N5O2S. The number of thioether (sulfide) groups is 1. The molecule has 0 atom stereocenters. The van der Waals surface area contributed by atoms with E-state index in [9.17, 15) is 0 Å². The van der Waals surface area contributed by atoms with Gasteiger partial charge in [0, 0.05) is 12.3 Å². The minimum atomic E-state index is 0.304. The van der Waals surface area contributed by atoms with Crippen LogP contribution in [0.2, 0.25) is 0 Å². The Kier molecular flexibility index (Phi) is 6.13. The molecule has 0 fully saturated rings. The molecule has 2 heterocycles. The SMILES string of the molecule is COc1cc[nH]n1.N#CSCOn1cccn1. The van der Waals surface area contributed by atoms with Crippen LogP contribution in [0.4, 0.5) is 0 Å². The normalized spacial score (nSPS) is 8.71. The summed E-state index contributed by atoms with van der Waals surface area (Å²) in [4.78, 5) is 6.24. The Balaban J connectivity index is 0.000000181. The first kappa shape index (κ1) is 12.9. The molecule has 0 aliphatic heterocycles. The van der Waals surface area contributed by atoms with E-state index in [2.05, 4.69) is 15.3 Å². The van der Waals surface area contributed by atoms with E-state index >= 15 is 0 Å². The number of nitrogens with zero attached hydrogens (tertiary/aromatic N) is 4. The highest BCUT2D eigenvalue weighted by Crippen LogP contribution is 1.98. The van der Waals surface area contributed by atoms with Crippen LogP contribution in [0, 0.1) is 10.7 Å². The minimum Gasteiger partial charge on any atom is -0.480 e. The molecule has 0 aliphatic rings. The van der Waals surface area contributed by atoms with Crippen molar-refractivity contribution >= 4 is 11.8 Å². The van der Waals surface area contributed by atoms with Gasteiger partial charge in [-0.25, -0.2) is 0 Å². The zero-order valence-electron chi connectivity index (χ0n) is 9.11. The summed E-state index contributed by atoms with van der Waals surface area (Å²) in [7, 11) is 1.58. The third kappa shape index (κ3) is 5.48. The summed E-state index contributed by atoms with van der Waals surface area (Å²) in [5.41, 5.74) is 0. The standard InChI is InChI=1S/C5H5N3OS.C4H6N2O/c6-4-10-5-9-8-3-1-2-7-8;1-7-4-2-3-5-6-4/h1-3H,5H2;2-3H,1H3,(H,5,6). The van der Waals surface area contributed by atoms with Crippen molar-refractivity contribution in [2.45, 2.75) is 0 Å². The van der Waals surface area contributed by atoms with Gasteiger partial charge in [-0.3, -0.25) is 5.10 Å². The van der Waals surface area contributed by atoms with Crippen LogP contribution >= 0.6 is 11.8 Å². The number of aromatic nitrogens is 4. The number of thiocyanates is 1. The molecule has 0 aromatic carbocycles. The zero-order chi connectivity index (χ0) is 12.3. The smallest absolute Gasteiger partial charge is 0.232 e. The van der Waals surface area contributed by atoms with Crippen LogP contribution in [0.15, 0.2) is 30.7 Å². The highest BCUT2D eigenvalue weighted by Gasteiger charge is 1.87. The molecule has 0 unspecified atom stereocenters. The van der Waals surface area contributed by atoms with Gasteiger partial charge in [-0.2, -0.15) is 5.26 Å². The van der Waals surface area contributed by atoms with Crippen molar-refractivity contribution in [2.24, 2.45) is 0 Å². The van der Waals surface area contributed by atoms with Crippen LogP contribution in [-0.4, -0.2) is 33.2 Å². The molecule has 0 bridgehead atoms. The van der Waals surface area contributed by atoms with Gasteiger partial charge in [0.1, 0.15) is 5.40 Å². The van der Waals surface area contributed by atoms with Gasteiger partial charge in [-0.05, 0) is 17.8 Å². The Labute approximate surface area is 102 Å². The van der Waals surface area contributed by atoms with E-state index in [0.717, 1.165) is 11.8 Å². The highest BCUT2D eigenvalue weighted by atomic mass is 32.2. The second kappa shape index (κ2) is 8.06. The topological polar surface area (TPSA) is 88.7 Å². The van der Waals surface area contributed by atoms with Crippen LogP contribution in [0.1, 0.15) is 0 Å². The van der Waals surface area contributed by atoms with Crippen LogP contribution in [-0.2, 0) is 0 Å². The molecule has 2 aromatic heterocycles. The fourth-order valence-electron chi connectivity index (χ4n) is 0.798. The Morgan fingerprint density at radius 1 is 1.65 bits per heavy atom. The summed E-state index contributed by atoms with van der Waals surface area (Å²) in [6, 6.07) is 3.50. The number of hydrogen-bond acceptors (Lipinski definition) is 6. The van der Waals surface area contributed by atoms with Crippen molar-refractivity contribution in [1.82, 2.24) is 20.1 Å². The first-order chi connectivity index (χ1) is 8.36. The van der Waals surface area contributed by atoms with Gasteiger partial charge in [0.15, 0.2) is 5.94 Å². The predicted octanol–water partition coefficient (Wildman–Crippen LogP) is 0.902. The first-order valence-corrected chi connectivity index (χ1v) is 5.53. The molecule has 0 amide bonds. The molecule has 0 aliphatic carbocycles. The average molecular weight is 253 g/mol. The molecule has 17 heavy (non-hydrogen) atoms. The largest absolute Gasteiger partial charge is 0.480 e. The van der Waals surface area contributed by atoms with Crippen molar-refractivity contribution in [3.63, 3.8) is 0 Å². The molecule has 2 aromatic rings. The number of ether oxygens (including phenoxy) is 1. The molecule has 1 N–H and O–H groups in total. The summed E-state index contributed by atoms with van der Waals surface area (Å²) in [6.07, 6.45) is 4.98. The first-order valence-electron chi connectivity index (χ1n) is 4.54. The van der Waals surface area contributed by atoms with Crippen molar-refractivity contribution in [1.29, 1.82) is 5.26 Å². The number of nitriles is 1. The lowest BCUT2D eigenvalue weighted by atomic mass is 10.7. The summed E-state index contributed by atoms with van der Waals surface area (Å²) < 4.78 is 4.71. The number of aromatic amines is 1. The number of rotatable bonds is 4. The van der Waals surface area contributed by atoms with Crippen molar-refractivity contribution in [3.8, 4) is 11.3 Å². The molecule has 0 spiro atoms. The van der Waals surface area contributed by atoms with E-state index in [1.807, 2.05) is 5.40 Å². The summed E-state index contributed by atoms with van der Waals surface area (Å²) in [5.74, 6) is 0.929. The molecule has 0 saturated carbocycles. The quantitative estimate of drug-likeness (QED) is 0.495. The van der Waals surface area contributed by atoms with Gasteiger partial charge in [0.25, 0.3) is 0 Å². The summed E-state index contributed by atoms with van der Waals surface area (Å²) >= 11 is 1.03. The molecule has 0 radical (unpaired) electrons. The third-order valence-electron chi connectivity index (χ3n) is 1.47. The zero-order valence-corrected chi connectivity index (χ0v) is 9.92. The molecular weight excluding hydrogens is 242 g/mol. The third-order valence-corrected chi connectivity index (χ3v) is 1.83. The molecule has 2 rings (SSSR count). The Bertz CT molecular complexity index is 423. The van der Waals surface area contributed by atoms with Gasteiger partial charge in [-0.15, -0.1) is 15.0 Å². The second-order valence-corrected chi connectivity index (χ2v) is 3.21. The minimum absolute atomic E-state index is 0.304. The lowest BCUT2D eigenvalue weighted by molar-refractivity contribution is 0.121. The summed E-state index contributed by atoms with van der Waals surface area (Å²) in [5, 5.41) is 20.0. The second-order valence-electron chi connectivity index (χ2n) is 2.51.